The molecule has 2 fully saturated rings. The first kappa shape index (κ1) is 15.4. The summed E-state index contributed by atoms with van der Waals surface area (Å²) < 4.78 is 39.4. The van der Waals surface area contributed by atoms with Crippen LogP contribution in [0.15, 0.2) is 18.3 Å². The second kappa shape index (κ2) is 4.72. The zero-order valence-corrected chi connectivity index (χ0v) is 12.8. The minimum atomic E-state index is -4.50. The molecule has 0 aliphatic heterocycles. The zero-order chi connectivity index (χ0) is 17.3. The van der Waals surface area contributed by atoms with Gasteiger partial charge in [-0.15, -0.1) is 0 Å². The molecule has 5 nitrogen and oxygen atoms in total. The maximum Gasteiger partial charge on any atom is 0.416 e. The maximum absolute atomic E-state index is 13.1. The molecule has 0 spiro atoms. The van der Waals surface area contributed by atoms with Gasteiger partial charge in [0, 0.05) is 18.4 Å². The molecular formula is C16H16F3N3O2. The molecule has 1 aromatic heterocycles. The Kier molecular flexibility index (Phi) is 3.04. The third-order valence-corrected chi connectivity index (χ3v) is 5.24. The summed E-state index contributed by atoms with van der Waals surface area (Å²) in [7, 11) is 0. The van der Waals surface area contributed by atoms with Crippen LogP contribution in [-0.4, -0.2) is 27.3 Å². The highest BCUT2D eigenvalue weighted by Gasteiger charge is 2.62. The summed E-state index contributed by atoms with van der Waals surface area (Å²) >= 11 is 0. The first-order chi connectivity index (χ1) is 11.2. The van der Waals surface area contributed by atoms with Gasteiger partial charge >= 0.3 is 6.18 Å². The van der Waals surface area contributed by atoms with Gasteiger partial charge in [0.2, 0.25) is 5.91 Å². The Bertz CT molecular complexity index is 818. The van der Waals surface area contributed by atoms with Crippen molar-refractivity contribution in [2.24, 2.45) is 11.8 Å². The number of aromatic nitrogens is 2. The van der Waals surface area contributed by atoms with Crippen molar-refractivity contribution in [1.29, 1.82) is 0 Å². The van der Waals surface area contributed by atoms with E-state index in [2.05, 4.69) is 15.5 Å². The second-order valence-electron chi connectivity index (χ2n) is 6.85. The Hall–Kier alpha value is -2.09. The zero-order valence-electron chi connectivity index (χ0n) is 12.8. The lowest BCUT2D eigenvalue weighted by Gasteiger charge is -2.28. The number of alkyl halides is 3. The number of aliphatic hydroxyl groups is 1. The van der Waals surface area contributed by atoms with Gasteiger partial charge in [0.1, 0.15) is 0 Å². The number of aromatic amines is 1. The Balaban J connectivity index is 1.70. The second-order valence-corrected chi connectivity index (χ2v) is 6.85. The Morgan fingerprint density at radius 3 is 2.62 bits per heavy atom. The number of benzene rings is 1. The van der Waals surface area contributed by atoms with Crippen LogP contribution < -0.4 is 5.32 Å². The lowest BCUT2D eigenvalue weighted by molar-refractivity contribution is -0.137. The Morgan fingerprint density at radius 2 is 2.04 bits per heavy atom. The van der Waals surface area contributed by atoms with Gasteiger partial charge in [0.05, 0.1) is 22.9 Å². The number of fused-ring (bicyclic) bond motifs is 2. The van der Waals surface area contributed by atoms with E-state index in [0.29, 0.717) is 18.2 Å². The average molecular weight is 339 g/mol. The van der Waals surface area contributed by atoms with E-state index < -0.39 is 17.3 Å². The van der Waals surface area contributed by atoms with Crippen molar-refractivity contribution in [3.63, 3.8) is 0 Å². The summed E-state index contributed by atoms with van der Waals surface area (Å²) in [6.07, 6.45) is -2.38. The van der Waals surface area contributed by atoms with E-state index in [0.717, 1.165) is 12.1 Å². The molecule has 0 radical (unpaired) electrons. The van der Waals surface area contributed by atoms with E-state index in [1.54, 1.807) is 0 Å². The van der Waals surface area contributed by atoms with Gasteiger partial charge in [-0.25, -0.2) is 0 Å². The molecule has 24 heavy (non-hydrogen) atoms. The number of nitrogens with zero attached hydrogens (tertiary/aromatic N) is 1. The molecule has 1 aromatic carbocycles. The quantitative estimate of drug-likeness (QED) is 0.786. The summed E-state index contributed by atoms with van der Waals surface area (Å²) in [5, 5.41) is 20.7. The van der Waals surface area contributed by atoms with Crippen LogP contribution in [0, 0.1) is 11.8 Å². The van der Waals surface area contributed by atoms with Crippen LogP contribution in [0.4, 0.5) is 13.2 Å². The van der Waals surface area contributed by atoms with Gasteiger partial charge in [-0.2, -0.15) is 18.3 Å². The molecule has 128 valence electrons. The van der Waals surface area contributed by atoms with Crippen LogP contribution in [-0.2, 0) is 16.6 Å². The van der Waals surface area contributed by atoms with E-state index in [1.165, 1.54) is 13.1 Å². The fourth-order valence-electron chi connectivity index (χ4n) is 4.13. The summed E-state index contributed by atoms with van der Waals surface area (Å²) in [5.74, 6) is 0.0834. The highest BCUT2D eigenvalue weighted by Crippen LogP contribution is 2.60. The van der Waals surface area contributed by atoms with Gasteiger partial charge in [-0.1, -0.05) is 0 Å². The first-order valence-electron chi connectivity index (χ1n) is 7.73. The average Bonchev–Trinajstić information content (AvgIpc) is 2.89. The number of rotatable bonds is 2. The van der Waals surface area contributed by atoms with Crippen molar-refractivity contribution < 1.29 is 23.1 Å². The van der Waals surface area contributed by atoms with Crippen LogP contribution in [0.2, 0.25) is 0 Å². The van der Waals surface area contributed by atoms with Gasteiger partial charge in [-0.3, -0.25) is 9.89 Å². The number of carbonyl (C=O) groups is 1. The lowest BCUT2D eigenvalue weighted by Crippen LogP contribution is -2.32. The number of nitrogens with one attached hydrogen (secondary N) is 2. The predicted molar refractivity (Wildman–Crippen MR) is 78.8 cm³/mol. The van der Waals surface area contributed by atoms with E-state index in [9.17, 15) is 23.1 Å². The molecule has 1 amide bonds. The van der Waals surface area contributed by atoms with E-state index in [-0.39, 0.29) is 34.9 Å². The lowest BCUT2D eigenvalue weighted by atomic mass is 9.85. The fourth-order valence-corrected chi connectivity index (χ4v) is 4.13. The predicted octanol–water partition coefficient (Wildman–Crippen LogP) is 2.31. The van der Waals surface area contributed by atoms with E-state index in [4.69, 9.17) is 0 Å². The molecule has 8 heteroatoms. The molecule has 0 saturated heterocycles. The van der Waals surface area contributed by atoms with Gasteiger partial charge in [-0.05, 0) is 42.4 Å². The van der Waals surface area contributed by atoms with E-state index in [1.807, 2.05) is 0 Å². The normalized spacial score (nSPS) is 32.0. The summed E-state index contributed by atoms with van der Waals surface area (Å²) in [4.78, 5) is 11.1. The molecule has 4 atom stereocenters. The van der Waals surface area contributed by atoms with E-state index >= 15 is 0 Å². The highest BCUT2D eigenvalue weighted by molar-refractivity contribution is 5.83. The Labute approximate surface area is 135 Å². The Morgan fingerprint density at radius 1 is 1.38 bits per heavy atom. The van der Waals surface area contributed by atoms with Crippen LogP contribution in [0.25, 0.3) is 10.9 Å². The van der Waals surface area contributed by atoms with Crippen LogP contribution >= 0.6 is 0 Å². The van der Waals surface area contributed by atoms with Crippen LogP contribution in [0.3, 0.4) is 0 Å². The van der Waals surface area contributed by atoms with Crippen molar-refractivity contribution in [2.45, 2.75) is 37.6 Å². The summed E-state index contributed by atoms with van der Waals surface area (Å²) in [5.41, 5.74) is -1.61. The SMILES string of the molecule is CC(=O)NC1[C@H]2CC(O)(c3cc(C(F)(F)F)cc4[nH]ncc34)C[C@@H]12. The van der Waals surface area contributed by atoms with Crippen molar-refractivity contribution in [1.82, 2.24) is 15.5 Å². The molecule has 1 heterocycles. The van der Waals surface area contributed by atoms with Crippen molar-refractivity contribution >= 4 is 16.8 Å². The number of hydrogen-bond donors (Lipinski definition) is 3. The molecule has 0 bridgehead atoms. The number of hydrogen-bond acceptors (Lipinski definition) is 3. The minimum absolute atomic E-state index is 0.0217. The molecule has 2 aliphatic carbocycles. The molecule has 3 N–H and O–H groups in total. The van der Waals surface area contributed by atoms with Crippen molar-refractivity contribution in [2.75, 3.05) is 0 Å². The van der Waals surface area contributed by atoms with Gasteiger partial charge < -0.3 is 10.4 Å². The van der Waals surface area contributed by atoms with Gasteiger partial charge in [0.25, 0.3) is 0 Å². The molecule has 2 aliphatic rings. The minimum Gasteiger partial charge on any atom is -0.385 e. The maximum atomic E-state index is 13.1. The topological polar surface area (TPSA) is 78.0 Å². The third kappa shape index (κ3) is 2.28. The number of halogens is 3. The molecule has 2 saturated carbocycles. The third-order valence-electron chi connectivity index (χ3n) is 5.24. The smallest absolute Gasteiger partial charge is 0.385 e. The molecule has 4 rings (SSSR count). The van der Waals surface area contributed by atoms with Crippen LogP contribution in [0.5, 0.6) is 0 Å². The fraction of sp³-hybridized carbons (Fsp3) is 0.500. The number of H-pyrrole nitrogens is 1. The molecule has 2 unspecified atom stereocenters. The monoisotopic (exact) mass is 339 g/mol. The van der Waals surface area contributed by atoms with Crippen molar-refractivity contribution in [3.05, 3.63) is 29.5 Å². The summed E-state index contributed by atoms with van der Waals surface area (Å²) in [6.45, 7) is 1.43. The van der Waals surface area contributed by atoms with Crippen LogP contribution in [0.1, 0.15) is 30.9 Å². The number of carbonyl (C=O) groups excluding carboxylic acids is 1. The largest absolute Gasteiger partial charge is 0.416 e. The molecular weight excluding hydrogens is 323 g/mol. The molecule has 2 aromatic rings. The number of amides is 1. The highest BCUT2D eigenvalue weighted by atomic mass is 19.4. The first-order valence-corrected chi connectivity index (χ1v) is 7.73. The van der Waals surface area contributed by atoms with Crippen molar-refractivity contribution in [3.8, 4) is 0 Å². The summed E-state index contributed by atoms with van der Waals surface area (Å²) in [6, 6.07) is 2.05. The van der Waals surface area contributed by atoms with Gasteiger partial charge in [0.15, 0.2) is 0 Å². The standard InChI is InChI=1S/C16H16F3N3O2/c1-7(23)21-14-9-4-15(24,5-10(9)14)12-2-8(16(17,18)19)3-13-11(12)6-20-22-13/h2-3,6,9-10,14,24H,4-5H2,1H3,(H,20,22)(H,21,23)/t9-,10+,14?,15?.